The summed E-state index contributed by atoms with van der Waals surface area (Å²) >= 11 is 2.18. The molecule has 0 bridgehead atoms. The van der Waals surface area contributed by atoms with E-state index in [1.165, 1.54) is 57.8 Å². The summed E-state index contributed by atoms with van der Waals surface area (Å²) in [5.41, 5.74) is 0. The standard InChI is InChI=1S/C20H38S/c1-4-6-7-17-8-10-18(11-9-17)19-12-15-20(21-3,14-5-2)16-13-19/h17-19H,4-16H2,1-3H3. The highest BCUT2D eigenvalue weighted by atomic mass is 32.2. The van der Waals surface area contributed by atoms with Crippen molar-refractivity contribution in [2.75, 3.05) is 6.26 Å². The van der Waals surface area contributed by atoms with Crippen LogP contribution in [-0.4, -0.2) is 11.0 Å². The van der Waals surface area contributed by atoms with Gasteiger partial charge in [0, 0.05) is 4.75 Å². The van der Waals surface area contributed by atoms with Crippen LogP contribution in [0.25, 0.3) is 0 Å². The van der Waals surface area contributed by atoms with E-state index in [0.29, 0.717) is 4.75 Å². The van der Waals surface area contributed by atoms with Gasteiger partial charge >= 0.3 is 0 Å². The van der Waals surface area contributed by atoms with Crippen LogP contribution in [0.2, 0.25) is 0 Å². The predicted molar refractivity (Wildman–Crippen MR) is 98.1 cm³/mol. The molecule has 0 spiro atoms. The third-order valence-corrected chi connectivity index (χ3v) is 8.08. The van der Waals surface area contributed by atoms with Crippen molar-refractivity contribution in [1.29, 1.82) is 0 Å². The van der Waals surface area contributed by atoms with Gasteiger partial charge in [-0.05, 0) is 69.0 Å². The molecule has 2 aliphatic carbocycles. The number of hydrogen-bond donors (Lipinski definition) is 0. The Kier molecular flexibility index (Phi) is 7.46. The molecule has 0 saturated heterocycles. The Labute approximate surface area is 138 Å². The molecule has 0 heterocycles. The van der Waals surface area contributed by atoms with E-state index in [-0.39, 0.29) is 0 Å². The molecule has 0 N–H and O–H groups in total. The summed E-state index contributed by atoms with van der Waals surface area (Å²) < 4.78 is 0.656. The Morgan fingerprint density at radius 3 is 2.00 bits per heavy atom. The van der Waals surface area contributed by atoms with E-state index in [4.69, 9.17) is 0 Å². The molecule has 2 aliphatic rings. The molecule has 2 saturated carbocycles. The minimum Gasteiger partial charge on any atom is -0.159 e. The van der Waals surface area contributed by atoms with E-state index in [1.54, 1.807) is 25.7 Å². The molecular formula is C20H38S. The quantitative estimate of drug-likeness (QED) is 0.484. The summed E-state index contributed by atoms with van der Waals surface area (Å²) in [5.74, 6) is 3.24. The van der Waals surface area contributed by atoms with E-state index < -0.39 is 0 Å². The lowest BCUT2D eigenvalue weighted by atomic mass is 9.68. The summed E-state index contributed by atoms with van der Waals surface area (Å²) in [6.45, 7) is 4.70. The fourth-order valence-electron chi connectivity index (χ4n) is 5.09. The van der Waals surface area contributed by atoms with Crippen LogP contribution in [0.3, 0.4) is 0 Å². The van der Waals surface area contributed by atoms with Crippen LogP contribution in [0, 0.1) is 17.8 Å². The van der Waals surface area contributed by atoms with Gasteiger partial charge < -0.3 is 0 Å². The van der Waals surface area contributed by atoms with E-state index in [9.17, 15) is 0 Å². The van der Waals surface area contributed by atoms with Crippen LogP contribution in [0.5, 0.6) is 0 Å². The van der Waals surface area contributed by atoms with Crippen molar-refractivity contribution in [3.05, 3.63) is 0 Å². The van der Waals surface area contributed by atoms with E-state index in [2.05, 4.69) is 31.9 Å². The largest absolute Gasteiger partial charge is 0.159 e. The molecule has 0 radical (unpaired) electrons. The summed E-state index contributed by atoms with van der Waals surface area (Å²) in [6, 6.07) is 0. The van der Waals surface area contributed by atoms with Gasteiger partial charge in [0.25, 0.3) is 0 Å². The molecule has 0 aromatic heterocycles. The van der Waals surface area contributed by atoms with Gasteiger partial charge in [-0.1, -0.05) is 52.4 Å². The van der Waals surface area contributed by atoms with Crippen molar-refractivity contribution < 1.29 is 0 Å². The number of thioether (sulfide) groups is 1. The topological polar surface area (TPSA) is 0 Å². The highest BCUT2D eigenvalue weighted by molar-refractivity contribution is 8.00. The zero-order chi connectivity index (χ0) is 15.1. The monoisotopic (exact) mass is 310 g/mol. The first-order chi connectivity index (χ1) is 10.2. The molecule has 2 rings (SSSR count). The number of rotatable bonds is 7. The first-order valence-electron chi connectivity index (χ1n) is 9.78. The van der Waals surface area contributed by atoms with Gasteiger partial charge in [0.2, 0.25) is 0 Å². The van der Waals surface area contributed by atoms with Gasteiger partial charge in [0.1, 0.15) is 0 Å². The van der Waals surface area contributed by atoms with Crippen molar-refractivity contribution >= 4 is 11.8 Å². The third kappa shape index (κ3) is 4.91. The van der Waals surface area contributed by atoms with Gasteiger partial charge in [-0.15, -0.1) is 0 Å². The summed E-state index contributed by atoms with van der Waals surface area (Å²) in [6.07, 6.45) is 21.8. The molecular weight excluding hydrogens is 272 g/mol. The molecule has 0 amide bonds. The average Bonchev–Trinajstić information content (AvgIpc) is 2.54. The van der Waals surface area contributed by atoms with Crippen LogP contribution in [0.15, 0.2) is 0 Å². The molecule has 0 atom stereocenters. The van der Waals surface area contributed by atoms with Crippen LogP contribution in [0.1, 0.15) is 97.3 Å². The summed E-state index contributed by atoms with van der Waals surface area (Å²) in [4.78, 5) is 0. The SMILES string of the molecule is CCCCC1CCC(C2CCC(CCC)(SC)CC2)CC1. The Bertz CT molecular complexity index is 270. The van der Waals surface area contributed by atoms with E-state index in [1.807, 2.05) is 0 Å². The highest BCUT2D eigenvalue weighted by Crippen LogP contribution is 2.48. The molecule has 124 valence electrons. The highest BCUT2D eigenvalue weighted by Gasteiger charge is 2.37. The lowest BCUT2D eigenvalue weighted by Crippen LogP contribution is -2.34. The van der Waals surface area contributed by atoms with Gasteiger partial charge in [0.05, 0.1) is 0 Å². The Balaban J connectivity index is 1.73. The summed E-state index contributed by atoms with van der Waals surface area (Å²) in [7, 11) is 0. The first-order valence-corrected chi connectivity index (χ1v) is 11.0. The maximum Gasteiger partial charge on any atom is 0.0157 e. The second-order valence-corrected chi connectivity index (χ2v) is 9.17. The van der Waals surface area contributed by atoms with E-state index >= 15 is 0 Å². The summed E-state index contributed by atoms with van der Waals surface area (Å²) in [5, 5.41) is 0. The average molecular weight is 311 g/mol. The van der Waals surface area contributed by atoms with Gasteiger partial charge in [-0.3, -0.25) is 0 Å². The maximum atomic E-state index is 2.36. The van der Waals surface area contributed by atoms with Gasteiger partial charge in [-0.25, -0.2) is 0 Å². The molecule has 1 heteroatoms. The minimum absolute atomic E-state index is 0.656. The predicted octanol–water partition coefficient (Wildman–Crippen LogP) is 7.08. The molecule has 0 aromatic rings. The Morgan fingerprint density at radius 2 is 1.48 bits per heavy atom. The van der Waals surface area contributed by atoms with Crippen LogP contribution >= 0.6 is 11.8 Å². The van der Waals surface area contributed by atoms with E-state index in [0.717, 1.165) is 17.8 Å². The van der Waals surface area contributed by atoms with Crippen LogP contribution in [0.4, 0.5) is 0 Å². The smallest absolute Gasteiger partial charge is 0.0157 e. The second kappa shape index (κ2) is 8.85. The fourth-order valence-corrected chi connectivity index (χ4v) is 6.14. The number of hydrogen-bond acceptors (Lipinski definition) is 1. The first kappa shape index (κ1) is 17.7. The van der Waals surface area contributed by atoms with Gasteiger partial charge in [-0.2, -0.15) is 11.8 Å². The number of unbranched alkanes of at least 4 members (excludes halogenated alkanes) is 1. The van der Waals surface area contributed by atoms with Crippen molar-refractivity contribution in [3.63, 3.8) is 0 Å². The molecule has 0 unspecified atom stereocenters. The van der Waals surface area contributed by atoms with Crippen molar-refractivity contribution in [1.82, 2.24) is 0 Å². The third-order valence-electron chi connectivity index (χ3n) is 6.60. The zero-order valence-corrected chi connectivity index (χ0v) is 15.6. The van der Waals surface area contributed by atoms with Crippen molar-refractivity contribution in [3.8, 4) is 0 Å². The lowest BCUT2D eigenvalue weighted by molar-refractivity contribution is 0.148. The normalized spacial score (nSPS) is 37.6. The molecule has 0 aromatic carbocycles. The maximum absolute atomic E-state index is 2.36. The van der Waals surface area contributed by atoms with Crippen LogP contribution in [-0.2, 0) is 0 Å². The molecule has 21 heavy (non-hydrogen) atoms. The zero-order valence-electron chi connectivity index (χ0n) is 14.8. The van der Waals surface area contributed by atoms with Crippen LogP contribution < -0.4 is 0 Å². The minimum atomic E-state index is 0.656. The molecule has 2 fully saturated rings. The Morgan fingerprint density at radius 1 is 0.857 bits per heavy atom. The van der Waals surface area contributed by atoms with Crippen molar-refractivity contribution in [2.24, 2.45) is 17.8 Å². The lowest BCUT2D eigenvalue weighted by Gasteiger charge is -2.43. The fraction of sp³-hybridized carbons (Fsp3) is 1.00. The van der Waals surface area contributed by atoms with Crippen molar-refractivity contribution in [2.45, 2.75) is 102 Å². The molecule has 0 aliphatic heterocycles. The Hall–Kier alpha value is 0.350. The second-order valence-electron chi connectivity index (χ2n) is 7.90. The van der Waals surface area contributed by atoms with Gasteiger partial charge in [0.15, 0.2) is 0 Å². The molecule has 0 nitrogen and oxygen atoms in total.